The zero-order chi connectivity index (χ0) is 11.9. The smallest absolute Gasteiger partial charge is 0.337 e. The molecule has 0 radical (unpaired) electrons. The van der Waals surface area contributed by atoms with Crippen LogP contribution in [0.2, 0.25) is 0 Å². The molecule has 0 saturated carbocycles. The van der Waals surface area contributed by atoms with Gasteiger partial charge in [0.25, 0.3) is 0 Å². The van der Waals surface area contributed by atoms with Gasteiger partial charge in [0.05, 0.1) is 11.1 Å². The Labute approximate surface area is 92.5 Å². The van der Waals surface area contributed by atoms with Gasteiger partial charge >= 0.3 is 5.97 Å². The predicted molar refractivity (Wildman–Crippen MR) is 59.5 cm³/mol. The lowest BCUT2D eigenvalue weighted by molar-refractivity contribution is 0.0696. The van der Waals surface area contributed by atoms with Gasteiger partial charge in [0, 0.05) is 11.6 Å². The fourth-order valence-corrected chi connectivity index (χ4v) is 1.37. The van der Waals surface area contributed by atoms with Gasteiger partial charge in [0.15, 0.2) is 5.65 Å². The van der Waals surface area contributed by atoms with Gasteiger partial charge in [-0.2, -0.15) is 0 Å². The molecule has 2 aromatic rings. The number of aromatic nitrogens is 3. The van der Waals surface area contributed by atoms with Crippen LogP contribution in [0.15, 0.2) is 12.3 Å². The van der Waals surface area contributed by atoms with Crippen molar-refractivity contribution in [1.29, 1.82) is 0 Å². The molecule has 2 N–H and O–H groups in total. The normalized spacial score (nSPS) is 11.9. The number of carbonyl (C=O) groups is 1. The molecule has 2 rings (SSSR count). The van der Waals surface area contributed by atoms with E-state index in [1.807, 2.05) is 20.8 Å². The molecule has 16 heavy (non-hydrogen) atoms. The van der Waals surface area contributed by atoms with Gasteiger partial charge in [0.1, 0.15) is 5.82 Å². The molecule has 0 bridgehead atoms. The highest BCUT2D eigenvalue weighted by Gasteiger charge is 2.19. The molecule has 2 aromatic heterocycles. The molecule has 0 unspecified atom stereocenters. The number of nitrogens with zero attached hydrogens (tertiary/aromatic N) is 2. The second-order valence-corrected chi connectivity index (χ2v) is 4.74. The third-order valence-corrected chi connectivity index (χ3v) is 2.29. The van der Waals surface area contributed by atoms with E-state index in [4.69, 9.17) is 5.11 Å². The van der Waals surface area contributed by atoms with E-state index in [0.29, 0.717) is 11.2 Å². The first-order valence-corrected chi connectivity index (χ1v) is 4.97. The molecule has 5 heteroatoms. The molecule has 0 saturated heterocycles. The highest BCUT2D eigenvalue weighted by molar-refractivity contribution is 5.90. The van der Waals surface area contributed by atoms with Gasteiger partial charge in [-0.15, -0.1) is 0 Å². The Balaban J connectivity index is 2.59. The van der Waals surface area contributed by atoms with Gasteiger partial charge < -0.3 is 10.1 Å². The second-order valence-electron chi connectivity index (χ2n) is 4.74. The van der Waals surface area contributed by atoms with Gasteiger partial charge in [-0.1, -0.05) is 20.8 Å². The second kappa shape index (κ2) is 3.30. The summed E-state index contributed by atoms with van der Waals surface area (Å²) >= 11 is 0. The molecule has 0 spiro atoms. The minimum atomic E-state index is -0.985. The minimum Gasteiger partial charge on any atom is -0.478 e. The third kappa shape index (κ3) is 1.76. The first-order chi connectivity index (χ1) is 7.38. The zero-order valence-corrected chi connectivity index (χ0v) is 9.40. The van der Waals surface area contributed by atoms with Gasteiger partial charge in [-0.25, -0.2) is 14.8 Å². The van der Waals surface area contributed by atoms with E-state index in [1.54, 1.807) is 6.07 Å². The van der Waals surface area contributed by atoms with Crippen LogP contribution in [-0.4, -0.2) is 26.0 Å². The van der Waals surface area contributed by atoms with Crippen molar-refractivity contribution in [3.63, 3.8) is 0 Å². The predicted octanol–water partition coefficient (Wildman–Crippen LogP) is 1.95. The topological polar surface area (TPSA) is 78.9 Å². The first-order valence-electron chi connectivity index (χ1n) is 4.97. The highest BCUT2D eigenvalue weighted by atomic mass is 16.4. The van der Waals surface area contributed by atoms with Crippen molar-refractivity contribution in [3.8, 4) is 0 Å². The van der Waals surface area contributed by atoms with E-state index in [2.05, 4.69) is 15.0 Å². The largest absolute Gasteiger partial charge is 0.478 e. The number of fused-ring (bicyclic) bond motifs is 1. The van der Waals surface area contributed by atoms with Gasteiger partial charge in [-0.05, 0) is 6.07 Å². The van der Waals surface area contributed by atoms with E-state index in [-0.39, 0.29) is 11.0 Å². The number of H-pyrrole nitrogens is 1. The summed E-state index contributed by atoms with van der Waals surface area (Å²) in [6.07, 6.45) is 1.32. The standard InChI is InChI=1S/C11H13N3O2/c1-11(2,3)10-13-7-4-6(9(15)16)5-12-8(7)14-10/h4-5H,1-3H3,(H,15,16)(H,12,13,14). The van der Waals surface area contributed by atoms with Crippen LogP contribution in [0.25, 0.3) is 11.2 Å². The fourth-order valence-electron chi connectivity index (χ4n) is 1.37. The Morgan fingerprint density at radius 3 is 2.69 bits per heavy atom. The molecule has 0 atom stereocenters. The molecule has 84 valence electrons. The minimum absolute atomic E-state index is 0.107. The zero-order valence-electron chi connectivity index (χ0n) is 9.40. The maximum Gasteiger partial charge on any atom is 0.337 e. The third-order valence-electron chi connectivity index (χ3n) is 2.29. The molecule has 0 aliphatic heterocycles. The van der Waals surface area contributed by atoms with Crippen molar-refractivity contribution < 1.29 is 9.90 Å². The first kappa shape index (κ1) is 10.6. The number of carboxylic acid groups (broad SMARTS) is 1. The summed E-state index contributed by atoms with van der Waals surface area (Å²) in [6, 6.07) is 1.55. The maximum atomic E-state index is 10.8. The number of nitrogens with one attached hydrogen (secondary N) is 1. The number of aromatic carboxylic acids is 1. The molecule has 0 amide bonds. The van der Waals surface area contributed by atoms with E-state index in [0.717, 1.165) is 5.82 Å². The van der Waals surface area contributed by atoms with Crippen LogP contribution in [0.1, 0.15) is 37.0 Å². The summed E-state index contributed by atoms with van der Waals surface area (Å²) in [5.74, 6) is -0.182. The van der Waals surface area contributed by atoms with E-state index in [9.17, 15) is 4.79 Å². The number of aromatic amines is 1. The molecule has 0 aromatic carbocycles. The highest BCUT2D eigenvalue weighted by Crippen LogP contribution is 2.21. The molecule has 0 aliphatic carbocycles. The number of hydrogen-bond donors (Lipinski definition) is 2. The van der Waals surface area contributed by atoms with Crippen LogP contribution in [0.4, 0.5) is 0 Å². The Morgan fingerprint density at radius 2 is 2.12 bits per heavy atom. The van der Waals surface area contributed by atoms with E-state index < -0.39 is 5.97 Å². The Bertz CT molecular complexity index is 552. The molecular formula is C11H13N3O2. The van der Waals surface area contributed by atoms with Crippen LogP contribution in [-0.2, 0) is 5.41 Å². The lowest BCUT2D eigenvalue weighted by Crippen LogP contribution is -2.12. The average Bonchev–Trinajstić information content (AvgIpc) is 2.58. The average molecular weight is 219 g/mol. The lowest BCUT2D eigenvalue weighted by Gasteiger charge is -2.13. The number of hydrogen-bond acceptors (Lipinski definition) is 3. The van der Waals surface area contributed by atoms with Crippen LogP contribution >= 0.6 is 0 Å². The number of pyridine rings is 1. The summed E-state index contributed by atoms with van der Waals surface area (Å²) in [6.45, 7) is 6.09. The summed E-state index contributed by atoms with van der Waals surface area (Å²) in [5, 5.41) is 8.84. The van der Waals surface area contributed by atoms with Crippen LogP contribution in [0.3, 0.4) is 0 Å². The van der Waals surface area contributed by atoms with Crippen LogP contribution in [0.5, 0.6) is 0 Å². The fraction of sp³-hybridized carbons (Fsp3) is 0.364. The lowest BCUT2D eigenvalue weighted by atomic mass is 9.96. The Kier molecular flexibility index (Phi) is 2.18. The Morgan fingerprint density at radius 1 is 1.44 bits per heavy atom. The quantitative estimate of drug-likeness (QED) is 0.768. The van der Waals surface area contributed by atoms with E-state index >= 15 is 0 Å². The Hall–Kier alpha value is -1.91. The molecule has 0 fully saturated rings. The summed E-state index contributed by atoms with van der Waals surface area (Å²) < 4.78 is 0. The van der Waals surface area contributed by atoms with Gasteiger partial charge in [0.2, 0.25) is 0 Å². The van der Waals surface area contributed by atoms with Crippen molar-refractivity contribution in [2.45, 2.75) is 26.2 Å². The van der Waals surface area contributed by atoms with Crippen molar-refractivity contribution in [2.24, 2.45) is 0 Å². The van der Waals surface area contributed by atoms with Gasteiger partial charge in [-0.3, -0.25) is 0 Å². The maximum absolute atomic E-state index is 10.8. The SMILES string of the molecule is CC(C)(C)c1nc2ncc(C(=O)O)cc2[nH]1. The summed E-state index contributed by atoms with van der Waals surface area (Å²) in [4.78, 5) is 22.2. The molecule has 2 heterocycles. The summed E-state index contributed by atoms with van der Waals surface area (Å²) in [5.41, 5.74) is 1.26. The number of rotatable bonds is 1. The van der Waals surface area contributed by atoms with Crippen LogP contribution in [0, 0.1) is 0 Å². The van der Waals surface area contributed by atoms with Crippen molar-refractivity contribution >= 4 is 17.1 Å². The molecule has 0 aliphatic rings. The van der Waals surface area contributed by atoms with Crippen molar-refractivity contribution in [1.82, 2.24) is 15.0 Å². The van der Waals surface area contributed by atoms with Crippen LogP contribution < -0.4 is 0 Å². The molecular weight excluding hydrogens is 206 g/mol. The monoisotopic (exact) mass is 219 g/mol. The van der Waals surface area contributed by atoms with E-state index in [1.165, 1.54) is 6.20 Å². The molecule has 5 nitrogen and oxygen atoms in total. The number of imidazole rings is 1. The summed E-state index contributed by atoms with van der Waals surface area (Å²) in [7, 11) is 0. The van der Waals surface area contributed by atoms with Crippen molar-refractivity contribution in [2.75, 3.05) is 0 Å². The number of carboxylic acids is 1. The van der Waals surface area contributed by atoms with Crippen molar-refractivity contribution in [3.05, 3.63) is 23.7 Å².